The third kappa shape index (κ3) is 12.8. The van der Waals surface area contributed by atoms with E-state index in [-0.39, 0.29) is 0 Å². The summed E-state index contributed by atoms with van der Waals surface area (Å²) in [7, 11) is 0. The van der Waals surface area contributed by atoms with Crippen LogP contribution in [0.3, 0.4) is 0 Å². The van der Waals surface area contributed by atoms with E-state index in [4.69, 9.17) is 52.1 Å². The molecule has 71 heavy (non-hydrogen) atoms. The Hall–Kier alpha value is -2.14. The van der Waals surface area contributed by atoms with Gasteiger partial charge in [-0.15, -0.1) is 0 Å². The molecular formula is C40H68N2O29. The second-order valence-electron chi connectivity index (χ2n) is 18.3. The first-order chi connectivity index (χ1) is 33.4. The van der Waals surface area contributed by atoms with Crippen LogP contribution in [0.1, 0.15) is 27.7 Å². The number of hydrogen-bond acceptors (Lipinski definition) is 29. The van der Waals surface area contributed by atoms with Gasteiger partial charge in [0.2, 0.25) is 11.8 Å². The molecule has 0 unspecified atom stereocenters. The Balaban J connectivity index is 1.28. The molecule has 31 heteroatoms. The van der Waals surface area contributed by atoms with Crippen LogP contribution < -0.4 is 10.6 Å². The number of ether oxygens (including phenoxy) is 11. The predicted molar refractivity (Wildman–Crippen MR) is 220 cm³/mol. The van der Waals surface area contributed by atoms with Crippen molar-refractivity contribution in [3.8, 4) is 0 Å². The highest BCUT2D eigenvalue weighted by molar-refractivity contribution is 5.73. The quantitative estimate of drug-likeness (QED) is 0.0682. The zero-order valence-electron chi connectivity index (χ0n) is 38.6. The molecule has 6 fully saturated rings. The summed E-state index contributed by atoms with van der Waals surface area (Å²) in [4.78, 5) is 25.4. The van der Waals surface area contributed by atoms with Gasteiger partial charge in [-0.1, -0.05) is 0 Å². The Morgan fingerprint density at radius 1 is 0.394 bits per heavy atom. The van der Waals surface area contributed by atoms with E-state index in [1.807, 2.05) is 0 Å². The standard InChI is InChI=1S/C40H68N2O29/c1-9-19(47)24(52)28(56)37(63-9)62-8-16-33(34(18(35(60)65-16)42-12(4)46)71-39-30(58)25(53)20(48)10(2)64-39)70-36-17(41-11(3)45)23(51)32(14(6-44)67-36)69-40-31(59)27(55)22(50)15(68-40)7-61-38-29(57)26(54)21(49)13(5-43)66-38/h9-10,13-40,43-44,47-60H,5-8H2,1-4H3,(H,41,45)(H,42,46)/t9-,10-,13+,14+,15+,16+,17+,18+,19+,20+,21+,22+,23+,24+,25+,26-,27-,28-,29-,30-,31-,32+,33+,34+,35+,36-,37+,38+,39-,40-/m0/s1. The highest BCUT2D eigenvalue weighted by Crippen LogP contribution is 2.36. The third-order valence-corrected chi connectivity index (χ3v) is 13.1. The molecule has 0 aliphatic carbocycles. The molecule has 412 valence electrons. The largest absolute Gasteiger partial charge is 0.394 e. The molecule has 6 saturated heterocycles. The Labute approximate surface area is 403 Å². The van der Waals surface area contributed by atoms with E-state index in [0.29, 0.717) is 0 Å². The summed E-state index contributed by atoms with van der Waals surface area (Å²) in [5.74, 6) is -1.63. The van der Waals surface area contributed by atoms with Crippen LogP contribution in [0.15, 0.2) is 0 Å². The number of aliphatic hydroxyl groups is 16. The fourth-order valence-electron chi connectivity index (χ4n) is 9.00. The van der Waals surface area contributed by atoms with E-state index in [1.54, 1.807) is 0 Å². The maximum Gasteiger partial charge on any atom is 0.217 e. The number of aliphatic hydroxyl groups excluding tert-OH is 16. The minimum absolute atomic E-state index is 0.772. The molecule has 2 amide bonds. The van der Waals surface area contributed by atoms with Gasteiger partial charge >= 0.3 is 0 Å². The van der Waals surface area contributed by atoms with Crippen LogP contribution in [-0.2, 0) is 61.7 Å². The average molecular weight is 1040 g/mol. The summed E-state index contributed by atoms with van der Waals surface area (Å²) in [6.45, 7) is 1.36. The second-order valence-corrected chi connectivity index (χ2v) is 18.3. The highest BCUT2D eigenvalue weighted by Gasteiger charge is 2.57. The van der Waals surface area contributed by atoms with Crippen molar-refractivity contribution in [3.63, 3.8) is 0 Å². The van der Waals surface area contributed by atoms with E-state index < -0.39 is 222 Å². The molecule has 6 rings (SSSR count). The van der Waals surface area contributed by atoms with Crippen LogP contribution in [-0.4, -0.2) is 304 Å². The summed E-state index contributed by atoms with van der Waals surface area (Å²) in [5.41, 5.74) is 0. The van der Waals surface area contributed by atoms with Crippen molar-refractivity contribution in [2.45, 2.75) is 212 Å². The smallest absolute Gasteiger partial charge is 0.217 e. The molecule has 31 nitrogen and oxygen atoms in total. The van der Waals surface area contributed by atoms with Crippen LogP contribution in [0.4, 0.5) is 0 Å². The lowest BCUT2D eigenvalue weighted by Gasteiger charge is -2.51. The lowest BCUT2D eigenvalue weighted by atomic mass is 9.93. The molecule has 0 bridgehead atoms. The molecule has 6 aliphatic heterocycles. The molecule has 0 aromatic carbocycles. The van der Waals surface area contributed by atoms with E-state index in [1.165, 1.54) is 13.8 Å². The Bertz CT molecular complexity index is 1710. The lowest BCUT2D eigenvalue weighted by molar-refractivity contribution is -0.378. The van der Waals surface area contributed by atoms with Gasteiger partial charge in [-0.2, -0.15) is 0 Å². The van der Waals surface area contributed by atoms with E-state index in [9.17, 15) is 91.3 Å². The fraction of sp³-hybridized carbons (Fsp3) is 0.950. The van der Waals surface area contributed by atoms with Gasteiger partial charge in [-0.05, 0) is 13.8 Å². The third-order valence-electron chi connectivity index (χ3n) is 13.1. The molecule has 0 aromatic heterocycles. The molecule has 6 heterocycles. The van der Waals surface area contributed by atoms with Crippen molar-refractivity contribution in [1.82, 2.24) is 10.6 Å². The van der Waals surface area contributed by atoms with E-state index in [2.05, 4.69) is 10.6 Å². The molecule has 0 aromatic rings. The van der Waals surface area contributed by atoms with Crippen molar-refractivity contribution in [2.75, 3.05) is 26.4 Å². The topological polar surface area (TPSA) is 483 Å². The summed E-state index contributed by atoms with van der Waals surface area (Å²) in [5, 5.41) is 175. The normalized spacial score (nSPS) is 50.8. The molecule has 0 radical (unpaired) electrons. The van der Waals surface area contributed by atoms with Crippen molar-refractivity contribution in [3.05, 3.63) is 0 Å². The van der Waals surface area contributed by atoms with Gasteiger partial charge in [-0.25, -0.2) is 0 Å². The lowest BCUT2D eigenvalue weighted by Crippen LogP contribution is -2.71. The molecule has 0 spiro atoms. The Morgan fingerprint density at radius 3 is 1.32 bits per heavy atom. The van der Waals surface area contributed by atoms with Crippen LogP contribution in [0, 0.1) is 0 Å². The first kappa shape index (κ1) is 58.1. The van der Waals surface area contributed by atoms with Gasteiger partial charge in [0, 0.05) is 13.8 Å². The number of rotatable bonds is 16. The second kappa shape index (κ2) is 24.7. The number of hydrogen-bond donors (Lipinski definition) is 18. The van der Waals surface area contributed by atoms with Gasteiger partial charge in [0.15, 0.2) is 37.7 Å². The summed E-state index contributed by atoms with van der Waals surface area (Å²) < 4.78 is 63.8. The average Bonchev–Trinajstić information content (AvgIpc) is 3.32. The summed E-state index contributed by atoms with van der Waals surface area (Å²) in [6.07, 6.45) is -49.8. The fourth-order valence-corrected chi connectivity index (χ4v) is 9.00. The maximum atomic E-state index is 12.8. The van der Waals surface area contributed by atoms with E-state index >= 15 is 0 Å². The number of carbonyl (C=O) groups is 2. The van der Waals surface area contributed by atoms with Crippen molar-refractivity contribution < 1.29 is 143 Å². The van der Waals surface area contributed by atoms with Gasteiger partial charge in [0.05, 0.1) is 38.6 Å². The maximum absolute atomic E-state index is 12.8. The highest BCUT2D eigenvalue weighted by atomic mass is 16.8. The summed E-state index contributed by atoms with van der Waals surface area (Å²) >= 11 is 0. The molecule has 18 N–H and O–H groups in total. The van der Waals surface area contributed by atoms with Crippen LogP contribution in [0.5, 0.6) is 0 Å². The first-order valence-electron chi connectivity index (χ1n) is 22.8. The molecular weight excluding hydrogens is 972 g/mol. The van der Waals surface area contributed by atoms with Crippen molar-refractivity contribution >= 4 is 11.8 Å². The van der Waals surface area contributed by atoms with Crippen molar-refractivity contribution in [2.24, 2.45) is 0 Å². The molecule has 0 saturated carbocycles. The molecule has 30 atom stereocenters. The predicted octanol–water partition coefficient (Wildman–Crippen LogP) is -11.8. The van der Waals surface area contributed by atoms with Gasteiger partial charge in [-0.3, -0.25) is 9.59 Å². The van der Waals surface area contributed by atoms with E-state index in [0.717, 1.165) is 13.8 Å². The zero-order valence-corrected chi connectivity index (χ0v) is 38.6. The van der Waals surface area contributed by atoms with Gasteiger partial charge in [0.25, 0.3) is 0 Å². The molecule has 6 aliphatic rings. The minimum atomic E-state index is -2.11. The zero-order chi connectivity index (χ0) is 52.5. The first-order valence-corrected chi connectivity index (χ1v) is 22.8. The van der Waals surface area contributed by atoms with Crippen LogP contribution in [0.25, 0.3) is 0 Å². The minimum Gasteiger partial charge on any atom is -0.394 e. The van der Waals surface area contributed by atoms with Crippen LogP contribution in [0.2, 0.25) is 0 Å². The number of nitrogens with one attached hydrogen (secondary N) is 2. The Morgan fingerprint density at radius 2 is 0.789 bits per heavy atom. The summed E-state index contributed by atoms with van der Waals surface area (Å²) in [6, 6.07) is -3.47. The monoisotopic (exact) mass is 1040 g/mol. The number of amides is 2. The Kier molecular flexibility index (Phi) is 20.2. The number of carbonyl (C=O) groups excluding carboxylic acids is 2. The SMILES string of the molecule is CC(=O)N[C@@H]1[C@@H](O[C@@H]2O[C@@H](C)[C@@H](O)[C@@H](O)[C@@H]2O)[C@H](O[C@@H]2O[C@H](CO)[C@@H](O[C@@H]3O[C@H](CO[C@@H]4O[C@H](CO)[C@@H](O)[C@H](O)[C@@H]4O)[C@@H](O)[C@H](O)[C@@H]3O)[C@H](O)[C@H]2NC(C)=O)[C@@H](CO[C@@H]2O[C@@H](C)[C@@H](O)[C@@H](O)[C@@H]2O)O[C@H]1O. The van der Waals surface area contributed by atoms with Crippen LogP contribution >= 0.6 is 0 Å². The van der Waals surface area contributed by atoms with Crippen molar-refractivity contribution in [1.29, 1.82) is 0 Å². The van der Waals surface area contributed by atoms with Gasteiger partial charge < -0.3 is 144 Å². The van der Waals surface area contributed by atoms with Gasteiger partial charge in [0.1, 0.15) is 134 Å².